The van der Waals surface area contributed by atoms with Gasteiger partial charge in [-0.3, -0.25) is 24.0 Å². The molecule has 2 bridgehead atoms. The maximum absolute atomic E-state index is 13.6. The first-order valence-electron chi connectivity index (χ1n) is 15.0. The first kappa shape index (κ1) is 32.6. The Labute approximate surface area is 260 Å². The average Bonchev–Trinajstić information content (AvgIpc) is 3.49. The Hall–Kier alpha value is -4.32. The van der Waals surface area contributed by atoms with Gasteiger partial charge in [-0.1, -0.05) is 44.2 Å². The van der Waals surface area contributed by atoms with Crippen molar-refractivity contribution in [3.05, 3.63) is 85.7 Å². The van der Waals surface area contributed by atoms with Crippen LogP contribution in [0, 0.1) is 12.8 Å². The summed E-state index contributed by atoms with van der Waals surface area (Å²) in [5.41, 5.74) is 1.34. The molecule has 0 aliphatic carbocycles. The van der Waals surface area contributed by atoms with Gasteiger partial charge in [0.05, 0.1) is 6.04 Å². The van der Waals surface area contributed by atoms with E-state index in [1.165, 1.54) is 22.0 Å². The first-order valence-corrected chi connectivity index (χ1v) is 15.9. The van der Waals surface area contributed by atoms with Crippen LogP contribution in [0.4, 0.5) is 0 Å². The van der Waals surface area contributed by atoms with Crippen LogP contribution in [0.3, 0.4) is 0 Å². The minimum absolute atomic E-state index is 0.0369. The topological polar surface area (TPSA) is 151 Å². The third-order valence-corrected chi connectivity index (χ3v) is 8.61. The van der Waals surface area contributed by atoms with E-state index < -0.39 is 41.4 Å². The molecule has 0 spiro atoms. The summed E-state index contributed by atoms with van der Waals surface area (Å²) in [5, 5.41) is 13.7. The van der Waals surface area contributed by atoms with Gasteiger partial charge < -0.3 is 25.8 Å². The molecule has 4 amide bonds. The van der Waals surface area contributed by atoms with Crippen LogP contribution in [-0.4, -0.2) is 51.8 Å². The van der Waals surface area contributed by atoms with Gasteiger partial charge in [0, 0.05) is 30.6 Å². The highest BCUT2D eigenvalue weighted by molar-refractivity contribution is 7.09. The van der Waals surface area contributed by atoms with Gasteiger partial charge in [0.15, 0.2) is 0 Å². The summed E-state index contributed by atoms with van der Waals surface area (Å²) in [6, 6.07) is 10.4. The van der Waals surface area contributed by atoms with Crippen LogP contribution in [0.1, 0.15) is 83.2 Å². The van der Waals surface area contributed by atoms with Gasteiger partial charge in [0.25, 0.3) is 17.4 Å². The fraction of sp³-hybridized carbons (Fsp3) is 0.438. The molecule has 0 radical (unpaired) electrons. The average molecular weight is 621 g/mol. The van der Waals surface area contributed by atoms with Crippen molar-refractivity contribution in [2.45, 2.75) is 78.0 Å². The molecule has 4 rings (SSSR count). The molecule has 11 nitrogen and oxygen atoms in total. The molecule has 0 saturated heterocycles. The lowest BCUT2D eigenvalue weighted by Crippen LogP contribution is -2.50. The van der Waals surface area contributed by atoms with Crippen molar-refractivity contribution in [3.63, 3.8) is 0 Å². The third-order valence-electron chi connectivity index (χ3n) is 7.68. The number of amides is 4. The zero-order valence-corrected chi connectivity index (χ0v) is 26.3. The number of thiazole rings is 1. The molecule has 1 aliphatic rings. The molecule has 0 unspecified atom stereocenters. The lowest BCUT2D eigenvalue weighted by molar-refractivity contribution is -0.124. The predicted octanol–water partition coefficient (Wildman–Crippen LogP) is 2.89. The molecule has 234 valence electrons. The molecular weight excluding hydrogens is 580 g/mol. The van der Waals surface area contributed by atoms with Crippen LogP contribution in [0.5, 0.6) is 0 Å². The van der Waals surface area contributed by atoms with E-state index in [2.05, 4.69) is 26.3 Å². The fourth-order valence-corrected chi connectivity index (χ4v) is 6.16. The van der Waals surface area contributed by atoms with Crippen LogP contribution >= 0.6 is 11.3 Å². The third kappa shape index (κ3) is 7.98. The first-order chi connectivity index (χ1) is 21.1. The van der Waals surface area contributed by atoms with E-state index in [0.29, 0.717) is 43.8 Å². The van der Waals surface area contributed by atoms with Crippen molar-refractivity contribution in [1.29, 1.82) is 0 Å². The number of carbonyl (C=O) groups excluding carboxylic acids is 4. The SMILES string of the molecule is CCn1c(C)ccc(C(=O)N[C@H]2CCCCNC(=O)[C@@H](Cc3ccccc3)NC(=O)c3csc(n3)[C@@H](C(C)C)NC2=O)c1=O. The summed E-state index contributed by atoms with van der Waals surface area (Å²) in [6.07, 6.45) is 1.65. The number of pyridine rings is 1. The van der Waals surface area contributed by atoms with Crippen LogP contribution in [0.2, 0.25) is 0 Å². The number of hydrogen-bond donors (Lipinski definition) is 4. The normalized spacial score (nSPS) is 20.0. The van der Waals surface area contributed by atoms with Crippen LogP contribution in [-0.2, 0) is 22.6 Å². The summed E-state index contributed by atoms with van der Waals surface area (Å²) in [4.78, 5) is 70.8. The highest BCUT2D eigenvalue weighted by atomic mass is 32.1. The van der Waals surface area contributed by atoms with Gasteiger partial charge >= 0.3 is 0 Å². The van der Waals surface area contributed by atoms with E-state index in [4.69, 9.17) is 0 Å². The smallest absolute Gasteiger partial charge is 0.271 e. The largest absolute Gasteiger partial charge is 0.354 e. The second-order valence-corrected chi connectivity index (χ2v) is 12.2. The molecule has 44 heavy (non-hydrogen) atoms. The van der Waals surface area contributed by atoms with E-state index in [0.717, 1.165) is 11.3 Å². The Kier molecular flexibility index (Phi) is 11.0. The molecule has 1 aliphatic heterocycles. The minimum atomic E-state index is -0.934. The van der Waals surface area contributed by atoms with Crippen LogP contribution in [0.25, 0.3) is 0 Å². The molecule has 0 fully saturated rings. The number of nitrogens with zero attached hydrogens (tertiary/aromatic N) is 2. The van der Waals surface area contributed by atoms with Gasteiger partial charge in [0.1, 0.15) is 28.3 Å². The quantitative estimate of drug-likeness (QED) is 0.333. The van der Waals surface area contributed by atoms with E-state index in [9.17, 15) is 24.0 Å². The number of hydrogen-bond acceptors (Lipinski definition) is 7. The molecule has 3 aromatic rings. The molecule has 3 heterocycles. The Bertz CT molecular complexity index is 1550. The molecule has 4 N–H and O–H groups in total. The zero-order valence-electron chi connectivity index (χ0n) is 25.5. The molecular formula is C32H40N6O5S. The van der Waals surface area contributed by atoms with Crippen molar-refractivity contribution in [1.82, 2.24) is 30.8 Å². The highest BCUT2D eigenvalue weighted by Crippen LogP contribution is 2.26. The van der Waals surface area contributed by atoms with Gasteiger partial charge in [-0.15, -0.1) is 11.3 Å². The monoisotopic (exact) mass is 620 g/mol. The number of aromatic nitrogens is 2. The number of fused-ring (bicyclic) bond motifs is 2. The van der Waals surface area contributed by atoms with Gasteiger partial charge in [0.2, 0.25) is 11.8 Å². The fourth-order valence-electron chi connectivity index (χ4n) is 5.14. The van der Waals surface area contributed by atoms with Gasteiger partial charge in [-0.25, -0.2) is 4.98 Å². The second kappa shape index (κ2) is 14.9. The van der Waals surface area contributed by atoms with Crippen molar-refractivity contribution >= 4 is 35.0 Å². The highest BCUT2D eigenvalue weighted by Gasteiger charge is 2.30. The number of aryl methyl sites for hydroxylation is 1. The van der Waals surface area contributed by atoms with Crippen molar-refractivity contribution in [2.75, 3.05) is 6.54 Å². The molecule has 12 heteroatoms. The predicted molar refractivity (Wildman–Crippen MR) is 168 cm³/mol. The standard InChI is InChI=1S/C32H40N6O5S/c1-5-38-20(4)14-15-22(32(38)43)27(39)34-23-13-9-10-16-33-28(40)24(17-21-11-7-6-8-12-21)35-30(42)25-18-44-31(36-25)26(19(2)3)37-29(23)41/h6-8,11-12,14-15,18-19,23-24,26H,5,9-10,13,16-17H2,1-4H3,(H,33,40)(H,34,39)(H,35,42)(H,37,41)/t23-,24+,26+/m0/s1. The maximum Gasteiger partial charge on any atom is 0.271 e. The second-order valence-electron chi connectivity index (χ2n) is 11.3. The molecule has 0 saturated carbocycles. The number of carbonyl (C=O) groups is 4. The summed E-state index contributed by atoms with van der Waals surface area (Å²) < 4.78 is 1.51. The maximum atomic E-state index is 13.6. The molecule has 1 aromatic carbocycles. The lowest BCUT2D eigenvalue weighted by Gasteiger charge is -2.25. The number of nitrogens with one attached hydrogen (secondary N) is 4. The van der Waals surface area contributed by atoms with Crippen LogP contribution < -0.4 is 26.8 Å². The minimum Gasteiger partial charge on any atom is -0.354 e. The van der Waals surface area contributed by atoms with E-state index in [1.54, 1.807) is 18.4 Å². The zero-order chi connectivity index (χ0) is 31.8. The summed E-state index contributed by atoms with van der Waals surface area (Å²) in [7, 11) is 0. The lowest BCUT2D eigenvalue weighted by atomic mass is 10.0. The number of benzene rings is 1. The van der Waals surface area contributed by atoms with Crippen LogP contribution in [0.15, 0.2) is 52.6 Å². The summed E-state index contributed by atoms with van der Waals surface area (Å²) in [6.45, 7) is 8.21. The van der Waals surface area contributed by atoms with Crippen molar-refractivity contribution in [2.24, 2.45) is 5.92 Å². The molecule has 3 atom stereocenters. The Morgan fingerprint density at radius 2 is 1.80 bits per heavy atom. The van der Waals surface area contributed by atoms with Crippen molar-refractivity contribution in [3.8, 4) is 0 Å². The Morgan fingerprint density at radius 3 is 2.50 bits per heavy atom. The Morgan fingerprint density at radius 1 is 1.05 bits per heavy atom. The van der Waals surface area contributed by atoms with E-state index in [-0.39, 0.29) is 23.1 Å². The summed E-state index contributed by atoms with van der Waals surface area (Å²) in [5.74, 6) is -1.93. The van der Waals surface area contributed by atoms with E-state index in [1.807, 2.05) is 51.1 Å². The van der Waals surface area contributed by atoms with Gasteiger partial charge in [-0.05, 0) is 56.7 Å². The summed E-state index contributed by atoms with van der Waals surface area (Å²) >= 11 is 1.24. The van der Waals surface area contributed by atoms with E-state index >= 15 is 0 Å². The van der Waals surface area contributed by atoms with Gasteiger partial charge in [-0.2, -0.15) is 0 Å². The molecule has 2 aromatic heterocycles. The number of rotatable bonds is 6. The van der Waals surface area contributed by atoms with Crippen molar-refractivity contribution < 1.29 is 19.2 Å². The Balaban J connectivity index is 1.60.